The van der Waals surface area contributed by atoms with Gasteiger partial charge >= 0.3 is 0 Å². The normalized spacial score (nSPS) is 16.3. The molecule has 21 heavy (non-hydrogen) atoms. The van der Waals surface area contributed by atoms with Gasteiger partial charge in [-0.25, -0.2) is 0 Å². The van der Waals surface area contributed by atoms with Crippen LogP contribution in [0.5, 0.6) is 5.75 Å². The fourth-order valence-corrected chi connectivity index (χ4v) is 2.76. The SMILES string of the molecule is CC(C)CCC(C)NCCN1CCCOc2ccccc21. The summed E-state index contributed by atoms with van der Waals surface area (Å²) in [6.07, 6.45) is 3.66. The highest BCUT2D eigenvalue weighted by Gasteiger charge is 2.15. The predicted octanol–water partition coefficient (Wildman–Crippen LogP) is 3.69. The van der Waals surface area contributed by atoms with Gasteiger partial charge in [0.2, 0.25) is 0 Å². The average molecular weight is 290 g/mol. The van der Waals surface area contributed by atoms with E-state index in [1.807, 2.05) is 0 Å². The molecule has 0 radical (unpaired) electrons. The summed E-state index contributed by atoms with van der Waals surface area (Å²) < 4.78 is 5.81. The van der Waals surface area contributed by atoms with Crippen molar-refractivity contribution >= 4 is 5.69 Å². The van der Waals surface area contributed by atoms with E-state index in [0.29, 0.717) is 6.04 Å². The molecule has 1 aromatic carbocycles. The monoisotopic (exact) mass is 290 g/mol. The maximum absolute atomic E-state index is 5.81. The zero-order valence-electron chi connectivity index (χ0n) is 13.8. The highest BCUT2D eigenvalue weighted by Crippen LogP contribution is 2.29. The Morgan fingerprint density at radius 3 is 2.81 bits per heavy atom. The summed E-state index contributed by atoms with van der Waals surface area (Å²) in [5.74, 6) is 1.83. The van der Waals surface area contributed by atoms with E-state index in [-0.39, 0.29) is 0 Å². The molecular weight excluding hydrogens is 260 g/mol. The molecule has 0 aromatic heterocycles. The van der Waals surface area contributed by atoms with Gasteiger partial charge in [-0.15, -0.1) is 0 Å². The van der Waals surface area contributed by atoms with Crippen LogP contribution < -0.4 is 15.0 Å². The molecule has 0 saturated carbocycles. The van der Waals surface area contributed by atoms with Gasteiger partial charge in [0, 0.05) is 25.7 Å². The lowest BCUT2D eigenvalue weighted by molar-refractivity contribution is 0.322. The second kappa shape index (κ2) is 8.28. The van der Waals surface area contributed by atoms with Crippen molar-refractivity contribution in [3.05, 3.63) is 24.3 Å². The molecule has 1 N–H and O–H groups in total. The number of fused-ring (bicyclic) bond motifs is 1. The van der Waals surface area contributed by atoms with Crippen molar-refractivity contribution in [2.75, 3.05) is 31.1 Å². The molecule has 0 fully saturated rings. The predicted molar refractivity (Wildman–Crippen MR) is 90.3 cm³/mol. The number of ether oxygens (including phenoxy) is 1. The van der Waals surface area contributed by atoms with Crippen molar-refractivity contribution in [2.24, 2.45) is 5.92 Å². The lowest BCUT2D eigenvalue weighted by Gasteiger charge is -2.25. The standard InChI is InChI=1S/C18H30N2O/c1-15(2)9-10-16(3)19-11-13-20-12-6-14-21-18-8-5-4-7-17(18)20/h4-5,7-8,15-16,19H,6,9-14H2,1-3H3. The van der Waals surface area contributed by atoms with Crippen molar-refractivity contribution in [2.45, 2.75) is 46.1 Å². The lowest BCUT2D eigenvalue weighted by atomic mass is 10.0. The van der Waals surface area contributed by atoms with Crippen molar-refractivity contribution in [1.29, 1.82) is 0 Å². The third kappa shape index (κ3) is 5.24. The molecule has 0 bridgehead atoms. The molecular formula is C18H30N2O. The summed E-state index contributed by atoms with van der Waals surface area (Å²) in [4.78, 5) is 2.45. The van der Waals surface area contributed by atoms with Crippen LogP contribution in [-0.2, 0) is 0 Å². The molecule has 0 amide bonds. The molecule has 0 saturated heterocycles. The third-order valence-corrected chi connectivity index (χ3v) is 4.09. The molecule has 1 aromatic rings. The second-order valence-corrected chi connectivity index (χ2v) is 6.48. The van der Waals surface area contributed by atoms with E-state index in [1.165, 1.54) is 18.5 Å². The Kier molecular flexibility index (Phi) is 6.37. The first-order valence-corrected chi connectivity index (χ1v) is 8.37. The van der Waals surface area contributed by atoms with Crippen LogP contribution in [-0.4, -0.2) is 32.3 Å². The molecule has 118 valence electrons. The molecule has 1 aliphatic heterocycles. The number of nitrogens with one attached hydrogen (secondary N) is 1. The van der Waals surface area contributed by atoms with Gasteiger partial charge in [0.05, 0.1) is 12.3 Å². The molecule has 3 nitrogen and oxygen atoms in total. The quantitative estimate of drug-likeness (QED) is 0.829. The van der Waals surface area contributed by atoms with Crippen molar-refractivity contribution < 1.29 is 4.74 Å². The zero-order valence-corrected chi connectivity index (χ0v) is 13.8. The first-order valence-electron chi connectivity index (χ1n) is 8.37. The number of anilines is 1. The zero-order chi connectivity index (χ0) is 15.1. The van der Waals surface area contributed by atoms with Crippen LogP contribution in [0.25, 0.3) is 0 Å². The number of rotatable bonds is 7. The molecule has 1 aliphatic rings. The van der Waals surface area contributed by atoms with E-state index < -0.39 is 0 Å². The summed E-state index contributed by atoms with van der Waals surface area (Å²) in [6, 6.07) is 8.99. The minimum absolute atomic E-state index is 0.603. The highest BCUT2D eigenvalue weighted by molar-refractivity contribution is 5.58. The smallest absolute Gasteiger partial charge is 0.142 e. The van der Waals surface area contributed by atoms with E-state index in [4.69, 9.17) is 4.74 Å². The molecule has 1 atom stereocenters. The van der Waals surface area contributed by atoms with Gasteiger partial charge in [0.25, 0.3) is 0 Å². The van der Waals surface area contributed by atoms with Crippen molar-refractivity contribution in [3.63, 3.8) is 0 Å². The maximum atomic E-state index is 5.81. The van der Waals surface area contributed by atoms with Crippen LogP contribution in [0, 0.1) is 5.92 Å². The van der Waals surface area contributed by atoms with E-state index in [2.05, 4.69) is 55.3 Å². The number of hydrogen-bond acceptors (Lipinski definition) is 3. The van der Waals surface area contributed by atoms with E-state index in [9.17, 15) is 0 Å². The minimum Gasteiger partial charge on any atom is -0.491 e. The minimum atomic E-state index is 0.603. The van der Waals surface area contributed by atoms with Crippen LogP contribution >= 0.6 is 0 Å². The summed E-state index contributed by atoms with van der Waals surface area (Å²) in [5, 5.41) is 3.65. The fourth-order valence-electron chi connectivity index (χ4n) is 2.76. The number of hydrogen-bond donors (Lipinski definition) is 1. The summed E-state index contributed by atoms with van der Waals surface area (Å²) >= 11 is 0. The first kappa shape index (κ1) is 16.2. The van der Waals surface area contributed by atoms with E-state index in [1.54, 1.807) is 0 Å². The van der Waals surface area contributed by atoms with Gasteiger partial charge in [-0.05, 0) is 44.2 Å². The molecule has 3 heteroatoms. The highest BCUT2D eigenvalue weighted by atomic mass is 16.5. The van der Waals surface area contributed by atoms with Crippen LogP contribution in [0.3, 0.4) is 0 Å². The van der Waals surface area contributed by atoms with Crippen LogP contribution in [0.2, 0.25) is 0 Å². The number of nitrogens with zero attached hydrogens (tertiary/aromatic N) is 1. The van der Waals surface area contributed by atoms with Gasteiger partial charge in [-0.2, -0.15) is 0 Å². The average Bonchev–Trinajstić information content (AvgIpc) is 2.68. The molecule has 1 unspecified atom stereocenters. The number of para-hydroxylation sites is 2. The van der Waals surface area contributed by atoms with Gasteiger partial charge in [-0.1, -0.05) is 26.0 Å². The number of benzene rings is 1. The first-order chi connectivity index (χ1) is 10.2. The summed E-state index contributed by atoms with van der Waals surface area (Å²) in [6.45, 7) is 10.9. The van der Waals surface area contributed by atoms with Crippen molar-refractivity contribution in [3.8, 4) is 5.75 Å². The summed E-state index contributed by atoms with van der Waals surface area (Å²) in [7, 11) is 0. The lowest BCUT2D eigenvalue weighted by Crippen LogP contribution is -2.36. The Morgan fingerprint density at radius 2 is 2.00 bits per heavy atom. The maximum Gasteiger partial charge on any atom is 0.142 e. The molecule has 1 heterocycles. The Morgan fingerprint density at radius 1 is 1.19 bits per heavy atom. The van der Waals surface area contributed by atoms with Crippen LogP contribution in [0.4, 0.5) is 5.69 Å². The summed E-state index contributed by atoms with van der Waals surface area (Å²) in [5.41, 5.74) is 1.24. The van der Waals surface area contributed by atoms with Crippen molar-refractivity contribution in [1.82, 2.24) is 5.32 Å². The van der Waals surface area contributed by atoms with Crippen LogP contribution in [0.15, 0.2) is 24.3 Å². The third-order valence-electron chi connectivity index (χ3n) is 4.09. The Labute approximate surface area is 129 Å². The van der Waals surface area contributed by atoms with Gasteiger partial charge in [-0.3, -0.25) is 0 Å². The molecule has 0 aliphatic carbocycles. The molecule has 2 rings (SSSR count). The largest absolute Gasteiger partial charge is 0.491 e. The second-order valence-electron chi connectivity index (χ2n) is 6.48. The Balaban J connectivity index is 1.80. The van der Waals surface area contributed by atoms with Gasteiger partial charge < -0.3 is 15.0 Å². The van der Waals surface area contributed by atoms with Gasteiger partial charge in [0.1, 0.15) is 5.75 Å². The molecule has 0 spiro atoms. The Bertz CT molecular complexity index is 419. The van der Waals surface area contributed by atoms with E-state index in [0.717, 1.165) is 44.3 Å². The Hall–Kier alpha value is -1.22. The fraction of sp³-hybridized carbons (Fsp3) is 0.667. The topological polar surface area (TPSA) is 24.5 Å². The van der Waals surface area contributed by atoms with E-state index >= 15 is 0 Å². The van der Waals surface area contributed by atoms with Crippen LogP contribution in [0.1, 0.15) is 40.0 Å². The van der Waals surface area contributed by atoms with Gasteiger partial charge in [0.15, 0.2) is 0 Å².